The topological polar surface area (TPSA) is 716 Å². The molecule has 0 spiro atoms. The Morgan fingerprint density at radius 1 is 0.151 bits per heavy atom. The van der Waals surface area contributed by atoms with Gasteiger partial charge in [-0.2, -0.15) is 0 Å². The minimum Gasteiger partial charge on any atom is -2.00 e. The molecule has 0 radical (unpaired) electrons. The predicted molar refractivity (Wildman–Crippen MR) is 221 cm³/mol. The van der Waals surface area contributed by atoms with E-state index in [-0.39, 0.29) is 361 Å². The van der Waals surface area contributed by atoms with Gasteiger partial charge in [0, 0.05) is 0 Å². The van der Waals surface area contributed by atoms with Crippen molar-refractivity contribution in [3.8, 4) is 0 Å². The van der Waals surface area contributed by atoms with Gasteiger partial charge < -0.3 is 163 Å². The van der Waals surface area contributed by atoms with Crippen molar-refractivity contribution in [2.24, 2.45) is 0 Å². The second-order valence-corrected chi connectivity index (χ2v) is 12.9. The molecule has 0 fully saturated rings. The Morgan fingerprint density at radius 2 is 0.186 bits per heavy atom. The molecule has 0 saturated heterocycles. The SMILES string of the molecule is O=C([O-])c1ccc(C(=O)[O-])cc1.O=C([O-])c1ccc(C(=O)[O-])cc1.O=C([O-])c1ccc(C(=O)[O-])cc1.O=C([O-])c1ccc(C(=O)[O-])cc1.O=C([O-])c1ccc(C(=O)[O-])cc1.O=C([O-])c1ccc(C(=O)[O-])cc1.[Ce+4].[Ce+4].[Ce+4].[Ce+4].[Ce+4].[Ce+4].[O-2].[O-2].[O-2].[O-2].[OH-].[OH-].[OH-].[OH-]. The zero-order valence-corrected chi connectivity index (χ0v) is 60.9. The van der Waals surface area contributed by atoms with E-state index in [2.05, 4.69) is 0 Å². The van der Waals surface area contributed by atoms with E-state index in [1.165, 1.54) is 0 Å². The third-order valence-corrected chi connectivity index (χ3v) is 8.14. The monoisotopic (exact) mass is 1960 g/mol. The second-order valence-electron chi connectivity index (χ2n) is 12.9. The maximum absolute atomic E-state index is 10.2. The molecule has 0 saturated carbocycles. The van der Waals surface area contributed by atoms with Gasteiger partial charge in [-0.05, 0) is 66.8 Å². The normalized spacial score (nSPS) is 7.81. The average Bonchev–Trinajstić information content (AvgIpc) is 3.35. The largest absolute Gasteiger partial charge is 4.00 e. The van der Waals surface area contributed by atoms with Crippen molar-refractivity contribution in [1.82, 2.24) is 0 Å². The zero-order valence-electron chi connectivity index (χ0n) is 42.1. The fraction of sp³-hybridized carbons (Fsp3) is 0. The van der Waals surface area contributed by atoms with Crippen LogP contribution in [0.3, 0.4) is 0 Å². The predicted octanol–water partition coefficient (Wildman–Crippen LogP) is -10.7. The maximum Gasteiger partial charge on any atom is 4.00 e. The van der Waals surface area contributed by atoms with E-state index in [4.69, 9.17) is 0 Å². The van der Waals surface area contributed by atoms with Crippen molar-refractivity contribution < 1.29 is 413 Å². The Bertz CT molecular complexity index is 2240. The summed E-state index contributed by atoms with van der Waals surface area (Å²) < 4.78 is 0. The smallest absolute Gasteiger partial charge is 2.00 e. The van der Waals surface area contributed by atoms with Crippen LogP contribution in [-0.2, 0) is 21.9 Å². The first-order chi connectivity index (χ1) is 33.7. The van der Waals surface area contributed by atoms with Gasteiger partial charge in [-0.25, -0.2) is 0 Å². The minimum absolute atomic E-state index is 0. The average molecular weight is 1960 g/mol. The molecule has 0 aliphatic rings. The van der Waals surface area contributed by atoms with Gasteiger partial charge in [0.05, 0.1) is 71.6 Å². The molecule has 0 aliphatic heterocycles. The first-order valence-corrected chi connectivity index (χ1v) is 18.8. The van der Waals surface area contributed by atoms with E-state index in [1.807, 2.05) is 0 Å². The summed E-state index contributed by atoms with van der Waals surface area (Å²) in [6.07, 6.45) is 0. The summed E-state index contributed by atoms with van der Waals surface area (Å²) in [4.78, 5) is 122. The van der Waals surface area contributed by atoms with Crippen LogP contribution in [0, 0.1) is 250 Å². The van der Waals surface area contributed by atoms with E-state index < -0.39 is 71.6 Å². The number of carbonyl (C=O) groups is 12. The molecule has 6 aromatic rings. The van der Waals surface area contributed by atoms with E-state index in [0.717, 1.165) is 146 Å². The molecular weight excluding hydrogens is 1930 g/mol. The Labute approximate surface area is 685 Å². The maximum atomic E-state index is 10.2. The zero-order chi connectivity index (χ0) is 54.8. The summed E-state index contributed by atoms with van der Waals surface area (Å²) in [5.74, 6) is -16.0. The van der Waals surface area contributed by atoms with Gasteiger partial charge in [0.2, 0.25) is 0 Å². The Kier molecular flexibility index (Phi) is 84.6. The molecule has 436 valence electrons. The molecule has 0 amide bonds. The molecule has 0 heterocycles. The molecule has 4 N–H and O–H groups in total. The molecule has 0 aliphatic carbocycles. The summed E-state index contributed by atoms with van der Waals surface area (Å²) in [6, 6.07) is 27.7. The fourth-order valence-corrected chi connectivity index (χ4v) is 4.45. The summed E-state index contributed by atoms with van der Waals surface area (Å²) >= 11 is 0. The molecule has 38 heteroatoms. The van der Waals surface area contributed by atoms with Gasteiger partial charge in [-0.15, -0.1) is 0 Å². The summed E-state index contributed by atoms with van der Waals surface area (Å²) in [7, 11) is 0. The van der Waals surface area contributed by atoms with Gasteiger partial charge in [-0.1, -0.05) is 146 Å². The van der Waals surface area contributed by atoms with Gasteiger partial charge in [0.25, 0.3) is 0 Å². The summed E-state index contributed by atoms with van der Waals surface area (Å²) in [6.45, 7) is 0. The van der Waals surface area contributed by atoms with Crippen molar-refractivity contribution in [1.29, 1.82) is 0 Å². The number of aromatic carboxylic acids is 12. The quantitative estimate of drug-likeness (QED) is 0.110. The van der Waals surface area contributed by atoms with Gasteiger partial charge in [-0.3, -0.25) is 0 Å². The molecule has 86 heavy (non-hydrogen) atoms. The second kappa shape index (κ2) is 62.1. The van der Waals surface area contributed by atoms with Crippen molar-refractivity contribution in [2.75, 3.05) is 0 Å². The summed E-state index contributed by atoms with van der Waals surface area (Å²) in [5, 5.41) is 122. The number of hydrogen-bond donors (Lipinski definition) is 0. The van der Waals surface area contributed by atoms with E-state index >= 15 is 0 Å². The van der Waals surface area contributed by atoms with Crippen LogP contribution in [0.5, 0.6) is 0 Å². The molecular formula is C48H28Ce6O32. The third kappa shape index (κ3) is 46.9. The number of rotatable bonds is 12. The van der Waals surface area contributed by atoms with Crippen LogP contribution < -0.4 is 61.3 Å². The van der Waals surface area contributed by atoms with Gasteiger partial charge >= 0.3 is 250 Å². The first-order valence-electron chi connectivity index (χ1n) is 18.8. The molecule has 0 unspecified atom stereocenters. The van der Waals surface area contributed by atoms with Crippen LogP contribution in [0.15, 0.2) is 146 Å². The Balaban J connectivity index is -0.0000000584. The number of benzene rings is 6. The first kappa shape index (κ1) is 117. The van der Waals surface area contributed by atoms with Gasteiger partial charge in [0.1, 0.15) is 0 Å². The van der Waals surface area contributed by atoms with Crippen LogP contribution >= 0.6 is 0 Å². The van der Waals surface area contributed by atoms with Crippen LogP contribution in [0.25, 0.3) is 0 Å². The van der Waals surface area contributed by atoms with E-state index in [1.54, 1.807) is 0 Å². The van der Waals surface area contributed by atoms with Crippen LogP contribution in [-0.4, -0.2) is 93.5 Å². The number of carboxylic acid groups (broad SMARTS) is 12. The molecule has 6 aromatic carbocycles. The van der Waals surface area contributed by atoms with Crippen LogP contribution in [0.1, 0.15) is 124 Å². The van der Waals surface area contributed by atoms with Crippen molar-refractivity contribution in [3.05, 3.63) is 212 Å². The van der Waals surface area contributed by atoms with Crippen LogP contribution in [0.2, 0.25) is 0 Å². The standard InChI is InChI=1S/6C8H6O4.6Ce.4H2O.4O/c6*9-7(10)5-1-2-6(4-3-5)8(11)12;;;;;;;;;;;;;;/h6*1-4H,(H,9,10)(H,11,12);;;;;;;4*1H2;;;;/q;;;;;;6*+4;;;;;4*-2/p-16. The fourth-order valence-electron chi connectivity index (χ4n) is 4.45. The third-order valence-electron chi connectivity index (χ3n) is 8.14. The Morgan fingerprint density at radius 3 is 0.209 bits per heavy atom. The molecule has 0 atom stereocenters. The summed E-state index contributed by atoms with van der Waals surface area (Å²) in [5.41, 5.74) is -0.667. The van der Waals surface area contributed by atoms with Crippen LogP contribution in [0.4, 0.5) is 0 Å². The molecule has 0 aromatic heterocycles. The van der Waals surface area contributed by atoms with E-state index in [0.29, 0.717) is 0 Å². The molecule has 6 rings (SSSR count). The van der Waals surface area contributed by atoms with Crippen molar-refractivity contribution >= 4 is 71.6 Å². The number of hydrogen-bond acceptors (Lipinski definition) is 28. The number of carboxylic acids is 12. The van der Waals surface area contributed by atoms with E-state index in [9.17, 15) is 119 Å². The van der Waals surface area contributed by atoms with Crippen molar-refractivity contribution in [2.45, 2.75) is 0 Å². The van der Waals surface area contributed by atoms with Gasteiger partial charge in [0.15, 0.2) is 0 Å². The Hall–Kier alpha value is -3.10. The molecule has 32 nitrogen and oxygen atoms in total. The molecule has 0 bridgehead atoms. The number of carbonyl (C=O) groups excluding carboxylic acids is 12. The van der Waals surface area contributed by atoms with Crippen molar-refractivity contribution in [3.63, 3.8) is 0 Å². The minimum atomic E-state index is -1.33.